The van der Waals surface area contributed by atoms with Gasteiger partial charge in [-0.15, -0.1) is 12.4 Å². The van der Waals surface area contributed by atoms with Gasteiger partial charge in [-0.3, -0.25) is 0 Å². The fourth-order valence-electron chi connectivity index (χ4n) is 3.04. The normalized spacial score (nSPS) is 17.1. The standard InChI is InChI=1S/C18H18F3NO.ClH/c1-22-11-17-16-4-2-3-14(15(16)9-10-23-17)12-5-7-13(8-6-12)18(19,20)21;/h2-8,17,22H,9-11H2,1H3;1H/t17-;/m0./s1. The quantitative estimate of drug-likeness (QED) is 0.865. The number of fused-ring (bicyclic) bond motifs is 1. The number of nitrogens with one attached hydrogen (secondary N) is 1. The summed E-state index contributed by atoms with van der Waals surface area (Å²) in [5, 5.41) is 3.11. The number of hydrogen-bond acceptors (Lipinski definition) is 2. The molecule has 130 valence electrons. The number of rotatable bonds is 3. The van der Waals surface area contributed by atoms with Gasteiger partial charge in [0.05, 0.1) is 18.3 Å². The van der Waals surface area contributed by atoms with E-state index in [1.165, 1.54) is 5.56 Å². The molecule has 1 aliphatic heterocycles. The van der Waals surface area contributed by atoms with E-state index in [4.69, 9.17) is 4.74 Å². The summed E-state index contributed by atoms with van der Waals surface area (Å²) in [5.41, 5.74) is 3.45. The molecule has 24 heavy (non-hydrogen) atoms. The molecule has 0 aromatic heterocycles. The molecule has 0 saturated carbocycles. The number of halogens is 4. The van der Waals surface area contributed by atoms with E-state index in [9.17, 15) is 13.2 Å². The predicted molar refractivity (Wildman–Crippen MR) is 90.5 cm³/mol. The van der Waals surface area contributed by atoms with Crippen molar-refractivity contribution in [1.82, 2.24) is 5.32 Å². The van der Waals surface area contributed by atoms with Crippen LogP contribution in [-0.2, 0) is 17.3 Å². The lowest BCUT2D eigenvalue weighted by Crippen LogP contribution is -2.25. The van der Waals surface area contributed by atoms with E-state index in [1.54, 1.807) is 12.1 Å². The van der Waals surface area contributed by atoms with E-state index in [2.05, 4.69) is 5.32 Å². The van der Waals surface area contributed by atoms with Crippen LogP contribution < -0.4 is 5.32 Å². The van der Waals surface area contributed by atoms with Crippen molar-refractivity contribution in [2.24, 2.45) is 0 Å². The van der Waals surface area contributed by atoms with Gasteiger partial charge in [0.15, 0.2) is 0 Å². The molecule has 3 rings (SSSR count). The summed E-state index contributed by atoms with van der Waals surface area (Å²) < 4.78 is 43.9. The zero-order valence-electron chi connectivity index (χ0n) is 13.2. The second-order valence-electron chi connectivity index (χ2n) is 5.62. The summed E-state index contributed by atoms with van der Waals surface area (Å²) in [5.74, 6) is 0. The molecule has 0 fully saturated rings. The maximum absolute atomic E-state index is 12.7. The second-order valence-corrected chi connectivity index (χ2v) is 5.62. The summed E-state index contributed by atoms with van der Waals surface area (Å²) in [7, 11) is 1.87. The highest BCUT2D eigenvalue weighted by Gasteiger charge is 2.30. The number of ether oxygens (including phenoxy) is 1. The highest BCUT2D eigenvalue weighted by molar-refractivity contribution is 5.85. The SMILES string of the molecule is CNC[C@@H]1OCCc2c(-c3ccc(C(F)(F)F)cc3)cccc21.Cl. The van der Waals surface area contributed by atoms with Gasteiger partial charge in [-0.25, -0.2) is 0 Å². The van der Waals surface area contributed by atoms with Crippen molar-refractivity contribution in [3.05, 3.63) is 59.2 Å². The van der Waals surface area contributed by atoms with Gasteiger partial charge in [0, 0.05) is 6.54 Å². The van der Waals surface area contributed by atoms with E-state index in [0.29, 0.717) is 13.2 Å². The molecule has 1 aliphatic rings. The minimum absolute atomic E-state index is 0. The average Bonchev–Trinajstić information content (AvgIpc) is 2.54. The Labute approximate surface area is 145 Å². The lowest BCUT2D eigenvalue weighted by Gasteiger charge is -2.28. The first kappa shape index (κ1) is 18.8. The molecule has 0 saturated heterocycles. The molecule has 1 atom stereocenters. The molecule has 0 spiro atoms. The zero-order chi connectivity index (χ0) is 16.4. The number of alkyl halides is 3. The summed E-state index contributed by atoms with van der Waals surface area (Å²) >= 11 is 0. The summed E-state index contributed by atoms with van der Waals surface area (Å²) in [6, 6.07) is 11.3. The predicted octanol–water partition coefficient (Wildman–Crippen LogP) is 4.63. The maximum atomic E-state index is 12.7. The summed E-state index contributed by atoms with van der Waals surface area (Å²) in [6.45, 7) is 1.33. The van der Waals surface area contributed by atoms with E-state index in [1.807, 2.05) is 25.2 Å². The van der Waals surface area contributed by atoms with Crippen molar-refractivity contribution >= 4 is 12.4 Å². The smallest absolute Gasteiger partial charge is 0.372 e. The van der Waals surface area contributed by atoms with Gasteiger partial charge in [0.1, 0.15) is 0 Å². The molecule has 2 nitrogen and oxygen atoms in total. The summed E-state index contributed by atoms with van der Waals surface area (Å²) in [4.78, 5) is 0. The first-order chi connectivity index (χ1) is 11.0. The monoisotopic (exact) mass is 357 g/mol. The van der Waals surface area contributed by atoms with Crippen molar-refractivity contribution in [2.45, 2.75) is 18.7 Å². The third-order valence-electron chi connectivity index (χ3n) is 4.14. The van der Waals surface area contributed by atoms with E-state index >= 15 is 0 Å². The molecular formula is C18H19ClF3NO. The Balaban J connectivity index is 0.00000208. The molecular weight excluding hydrogens is 339 g/mol. The van der Waals surface area contributed by atoms with Crippen LogP contribution in [-0.4, -0.2) is 20.2 Å². The van der Waals surface area contributed by atoms with Gasteiger partial charge in [0.2, 0.25) is 0 Å². The van der Waals surface area contributed by atoms with Crippen LogP contribution in [0.1, 0.15) is 22.8 Å². The van der Waals surface area contributed by atoms with Crippen molar-refractivity contribution in [3.8, 4) is 11.1 Å². The Morgan fingerprint density at radius 1 is 1.12 bits per heavy atom. The Morgan fingerprint density at radius 3 is 2.46 bits per heavy atom. The molecule has 0 radical (unpaired) electrons. The highest BCUT2D eigenvalue weighted by Crippen LogP contribution is 2.36. The molecule has 2 aromatic carbocycles. The van der Waals surface area contributed by atoms with E-state index in [0.717, 1.165) is 35.2 Å². The van der Waals surface area contributed by atoms with Crippen LogP contribution in [0.5, 0.6) is 0 Å². The lowest BCUT2D eigenvalue weighted by molar-refractivity contribution is -0.137. The molecule has 0 aliphatic carbocycles. The van der Waals surface area contributed by atoms with Gasteiger partial charge < -0.3 is 10.1 Å². The minimum atomic E-state index is -4.31. The van der Waals surface area contributed by atoms with Crippen LogP contribution in [0, 0.1) is 0 Å². The summed E-state index contributed by atoms with van der Waals surface area (Å²) in [6.07, 6.45) is -3.55. The van der Waals surface area contributed by atoms with Crippen molar-refractivity contribution < 1.29 is 17.9 Å². The van der Waals surface area contributed by atoms with Crippen LogP contribution in [0.4, 0.5) is 13.2 Å². The molecule has 0 amide bonds. The third kappa shape index (κ3) is 3.74. The Kier molecular flexibility index (Phi) is 5.91. The second kappa shape index (κ2) is 7.55. The highest BCUT2D eigenvalue weighted by atomic mass is 35.5. The first-order valence-corrected chi connectivity index (χ1v) is 7.56. The fraction of sp³-hybridized carbons (Fsp3) is 0.333. The molecule has 0 unspecified atom stereocenters. The first-order valence-electron chi connectivity index (χ1n) is 7.56. The molecule has 0 bridgehead atoms. The molecule has 1 heterocycles. The van der Waals surface area contributed by atoms with E-state index in [-0.39, 0.29) is 18.5 Å². The van der Waals surface area contributed by atoms with Gasteiger partial charge in [0.25, 0.3) is 0 Å². The zero-order valence-corrected chi connectivity index (χ0v) is 14.0. The van der Waals surface area contributed by atoms with Crippen LogP contribution >= 0.6 is 12.4 Å². The van der Waals surface area contributed by atoms with Gasteiger partial charge >= 0.3 is 6.18 Å². The number of hydrogen-bond donors (Lipinski definition) is 1. The van der Waals surface area contributed by atoms with Gasteiger partial charge in [-0.2, -0.15) is 13.2 Å². The average molecular weight is 358 g/mol. The fourth-order valence-corrected chi connectivity index (χ4v) is 3.04. The number of likely N-dealkylation sites (N-methyl/N-ethyl adjacent to an activating group) is 1. The maximum Gasteiger partial charge on any atom is 0.416 e. The van der Waals surface area contributed by atoms with Crippen LogP contribution in [0.15, 0.2) is 42.5 Å². The van der Waals surface area contributed by atoms with Crippen molar-refractivity contribution in [2.75, 3.05) is 20.2 Å². The van der Waals surface area contributed by atoms with Crippen LogP contribution in [0.2, 0.25) is 0 Å². The van der Waals surface area contributed by atoms with E-state index < -0.39 is 11.7 Å². The number of benzene rings is 2. The van der Waals surface area contributed by atoms with Crippen LogP contribution in [0.25, 0.3) is 11.1 Å². The lowest BCUT2D eigenvalue weighted by atomic mass is 9.89. The van der Waals surface area contributed by atoms with Crippen molar-refractivity contribution in [1.29, 1.82) is 0 Å². The van der Waals surface area contributed by atoms with Crippen molar-refractivity contribution in [3.63, 3.8) is 0 Å². The minimum Gasteiger partial charge on any atom is -0.372 e. The Bertz CT molecular complexity index is 686. The van der Waals surface area contributed by atoms with Gasteiger partial charge in [-0.1, -0.05) is 30.3 Å². The largest absolute Gasteiger partial charge is 0.416 e. The molecule has 2 aromatic rings. The Hall–Kier alpha value is -1.56. The topological polar surface area (TPSA) is 21.3 Å². The van der Waals surface area contributed by atoms with Gasteiger partial charge in [-0.05, 0) is 47.9 Å². The molecule has 1 N–H and O–H groups in total. The molecule has 6 heteroatoms. The Morgan fingerprint density at radius 2 is 1.83 bits per heavy atom. The van der Waals surface area contributed by atoms with Crippen LogP contribution in [0.3, 0.4) is 0 Å². The third-order valence-corrected chi connectivity index (χ3v) is 4.14.